The van der Waals surface area contributed by atoms with Gasteiger partial charge in [0.05, 0.1) is 0 Å². The minimum atomic E-state index is 0.831. The van der Waals surface area contributed by atoms with E-state index in [1.54, 1.807) is 0 Å². The normalized spacial score (nSPS) is 10.1. The van der Waals surface area contributed by atoms with Crippen LogP contribution in [0.2, 0.25) is 0 Å². The van der Waals surface area contributed by atoms with Gasteiger partial charge in [-0.1, -0.05) is 73.3 Å². The Hall–Kier alpha value is -0.260. The van der Waals surface area contributed by atoms with E-state index in [2.05, 4.69) is 34.3 Å². The molecule has 0 heteroatoms. The van der Waals surface area contributed by atoms with Gasteiger partial charge in [0.15, 0.2) is 0 Å². The van der Waals surface area contributed by atoms with Crippen molar-refractivity contribution in [1.82, 2.24) is 0 Å². The summed E-state index contributed by atoms with van der Waals surface area (Å²) in [5, 5.41) is 0. The second-order valence-electron chi connectivity index (χ2n) is 3.39. The van der Waals surface area contributed by atoms with Crippen LogP contribution in [0.3, 0.4) is 0 Å². The molecule has 1 atom stereocenters. The van der Waals surface area contributed by atoms with E-state index in [0.29, 0.717) is 0 Å². The van der Waals surface area contributed by atoms with Crippen LogP contribution in [-0.4, -0.2) is 0 Å². The van der Waals surface area contributed by atoms with E-state index in [4.69, 9.17) is 0 Å². The maximum absolute atomic E-state index is 3.65. The Balaban J connectivity index is -0.000000152. The summed E-state index contributed by atoms with van der Waals surface area (Å²) in [5.41, 5.74) is 0. The first-order valence-electron chi connectivity index (χ1n) is 6.33. The van der Waals surface area contributed by atoms with Crippen LogP contribution >= 0.6 is 0 Å². The smallest absolute Gasteiger partial charge is 0.0328 e. The van der Waals surface area contributed by atoms with Gasteiger partial charge in [-0.15, -0.1) is 6.58 Å². The standard InChI is InChI=1S/C7H14.C5H12.C2H6/c1-4-6-7(3)5-2;1-3-5-4-2;1-2/h4,7H,1,5-6H2,2-3H3;3-5H2,1-2H3;1-2H3. The molecule has 0 aromatic heterocycles. The molecule has 0 heterocycles. The van der Waals surface area contributed by atoms with Gasteiger partial charge in [0.25, 0.3) is 0 Å². The Labute approximate surface area is 92.8 Å². The molecule has 0 aromatic carbocycles. The zero-order valence-corrected chi connectivity index (χ0v) is 11.4. The highest BCUT2D eigenvalue weighted by atomic mass is 14.0. The first-order valence-corrected chi connectivity index (χ1v) is 6.33. The van der Waals surface area contributed by atoms with Crippen LogP contribution in [-0.2, 0) is 0 Å². The molecule has 0 N–H and O–H groups in total. The lowest BCUT2D eigenvalue weighted by molar-refractivity contribution is 0.572. The first-order chi connectivity index (χ1) is 6.72. The van der Waals surface area contributed by atoms with Crippen molar-refractivity contribution in [2.45, 2.75) is 73.6 Å². The van der Waals surface area contributed by atoms with Gasteiger partial charge < -0.3 is 0 Å². The van der Waals surface area contributed by atoms with Gasteiger partial charge in [-0.05, 0) is 12.3 Å². The van der Waals surface area contributed by atoms with E-state index >= 15 is 0 Å². The van der Waals surface area contributed by atoms with Crippen LogP contribution in [0.25, 0.3) is 0 Å². The van der Waals surface area contributed by atoms with Crippen molar-refractivity contribution in [3.63, 3.8) is 0 Å². The Bertz CT molecular complexity index is 72.1. The Morgan fingerprint density at radius 3 is 1.57 bits per heavy atom. The third kappa shape index (κ3) is 29.8. The van der Waals surface area contributed by atoms with Crippen LogP contribution < -0.4 is 0 Å². The van der Waals surface area contributed by atoms with Crippen molar-refractivity contribution in [3.05, 3.63) is 12.7 Å². The second kappa shape index (κ2) is 23.0. The highest BCUT2D eigenvalue weighted by Crippen LogP contribution is 2.04. The number of rotatable bonds is 5. The quantitative estimate of drug-likeness (QED) is 0.490. The topological polar surface area (TPSA) is 0 Å². The van der Waals surface area contributed by atoms with Crippen LogP contribution in [0.5, 0.6) is 0 Å². The first kappa shape index (κ1) is 19.3. The third-order valence-electron chi connectivity index (χ3n) is 1.97. The lowest BCUT2D eigenvalue weighted by Crippen LogP contribution is -1.86. The molecule has 1 unspecified atom stereocenters. The van der Waals surface area contributed by atoms with E-state index < -0.39 is 0 Å². The molecule has 88 valence electrons. The molecular weight excluding hydrogens is 168 g/mol. The summed E-state index contributed by atoms with van der Waals surface area (Å²) in [6, 6.07) is 0. The van der Waals surface area contributed by atoms with E-state index in [1.807, 2.05) is 19.9 Å². The van der Waals surface area contributed by atoms with Crippen LogP contribution in [0.15, 0.2) is 12.7 Å². The van der Waals surface area contributed by atoms with Gasteiger partial charge in [0, 0.05) is 0 Å². The van der Waals surface area contributed by atoms with E-state index in [0.717, 1.165) is 12.3 Å². The van der Waals surface area contributed by atoms with Gasteiger partial charge in [0.1, 0.15) is 0 Å². The van der Waals surface area contributed by atoms with Crippen molar-refractivity contribution in [1.29, 1.82) is 0 Å². The molecule has 0 saturated heterocycles. The lowest BCUT2D eigenvalue weighted by Gasteiger charge is -2.00. The molecule has 0 spiro atoms. The van der Waals surface area contributed by atoms with E-state index in [1.165, 1.54) is 25.7 Å². The predicted octanol–water partition coefficient (Wildman–Crippen LogP) is 5.83. The summed E-state index contributed by atoms with van der Waals surface area (Å²) in [7, 11) is 0. The molecule has 0 nitrogen and oxygen atoms in total. The number of allylic oxidation sites excluding steroid dienone is 1. The van der Waals surface area contributed by atoms with Crippen molar-refractivity contribution in [2.24, 2.45) is 5.92 Å². The summed E-state index contributed by atoms with van der Waals surface area (Å²) < 4.78 is 0. The zero-order chi connectivity index (χ0) is 11.8. The molecule has 0 aromatic rings. The van der Waals surface area contributed by atoms with Gasteiger partial charge in [-0.2, -0.15) is 0 Å². The van der Waals surface area contributed by atoms with Crippen LogP contribution in [0.4, 0.5) is 0 Å². The summed E-state index contributed by atoms with van der Waals surface area (Å²) >= 11 is 0. The minimum absolute atomic E-state index is 0.831. The fourth-order valence-electron chi connectivity index (χ4n) is 0.805. The number of hydrogen-bond donors (Lipinski definition) is 0. The third-order valence-corrected chi connectivity index (χ3v) is 1.97. The highest BCUT2D eigenvalue weighted by Gasteiger charge is 1.90. The SMILES string of the molecule is C=CCC(C)CC.CC.CCCCC. The molecule has 0 radical (unpaired) electrons. The Morgan fingerprint density at radius 1 is 1.07 bits per heavy atom. The van der Waals surface area contributed by atoms with E-state index in [-0.39, 0.29) is 0 Å². The molecule has 0 aliphatic rings. The fourth-order valence-corrected chi connectivity index (χ4v) is 0.805. The molecule has 0 fully saturated rings. The predicted molar refractivity (Wildman–Crippen MR) is 70.8 cm³/mol. The lowest BCUT2D eigenvalue weighted by atomic mass is 10.1. The highest BCUT2D eigenvalue weighted by molar-refractivity contribution is 4.68. The Morgan fingerprint density at radius 2 is 1.50 bits per heavy atom. The van der Waals surface area contributed by atoms with Gasteiger partial charge in [-0.25, -0.2) is 0 Å². The maximum Gasteiger partial charge on any atom is -0.0328 e. The molecule has 0 aliphatic heterocycles. The summed E-state index contributed by atoms with van der Waals surface area (Å²) in [6.45, 7) is 16.5. The van der Waals surface area contributed by atoms with Crippen LogP contribution in [0, 0.1) is 5.92 Å². The zero-order valence-electron chi connectivity index (χ0n) is 11.4. The monoisotopic (exact) mass is 200 g/mol. The number of hydrogen-bond acceptors (Lipinski definition) is 0. The van der Waals surface area contributed by atoms with Gasteiger partial charge in [0.2, 0.25) is 0 Å². The molecule has 0 saturated carbocycles. The molecular formula is C14H32. The van der Waals surface area contributed by atoms with Crippen molar-refractivity contribution in [3.8, 4) is 0 Å². The molecule has 0 amide bonds. The average molecular weight is 200 g/mol. The molecule has 14 heavy (non-hydrogen) atoms. The van der Waals surface area contributed by atoms with Crippen molar-refractivity contribution >= 4 is 0 Å². The molecule has 0 aliphatic carbocycles. The largest absolute Gasteiger partial charge is 0.103 e. The number of unbranched alkanes of at least 4 members (excludes halogenated alkanes) is 2. The van der Waals surface area contributed by atoms with E-state index in [9.17, 15) is 0 Å². The van der Waals surface area contributed by atoms with Crippen molar-refractivity contribution in [2.75, 3.05) is 0 Å². The fraction of sp³-hybridized carbons (Fsp3) is 0.857. The van der Waals surface area contributed by atoms with Gasteiger partial charge in [-0.3, -0.25) is 0 Å². The van der Waals surface area contributed by atoms with Crippen LogP contribution in [0.1, 0.15) is 73.6 Å². The summed E-state index contributed by atoms with van der Waals surface area (Å²) in [4.78, 5) is 0. The summed E-state index contributed by atoms with van der Waals surface area (Å²) in [5.74, 6) is 0.831. The minimum Gasteiger partial charge on any atom is -0.103 e. The maximum atomic E-state index is 3.65. The Kier molecular flexibility index (Phi) is 31.7. The second-order valence-corrected chi connectivity index (χ2v) is 3.39. The average Bonchev–Trinajstić information content (AvgIpc) is 2.23. The molecule has 0 rings (SSSR count). The molecule has 0 bridgehead atoms. The van der Waals surface area contributed by atoms with Crippen molar-refractivity contribution < 1.29 is 0 Å². The van der Waals surface area contributed by atoms with Gasteiger partial charge >= 0.3 is 0 Å². The summed E-state index contributed by atoms with van der Waals surface area (Å²) in [6.07, 6.45) is 8.49.